The third-order valence-corrected chi connectivity index (χ3v) is 4.24. The van der Waals surface area contributed by atoms with E-state index < -0.39 is 0 Å². The van der Waals surface area contributed by atoms with Crippen molar-refractivity contribution in [3.63, 3.8) is 0 Å². The van der Waals surface area contributed by atoms with Crippen molar-refractivity contribution in [2.24, 2.45) is 0 Å². The summed E-state index contributed by atoms with van der Waals surface area (Å²) in [4.78, 5) is 0. The third kappa shape index (κ3) is 1.85. The molecule has 2 aromatic rings. The molecular formula is C17H16O5. The van der Waals surface area contributed by atoms with Crippen molar-refractivity contribution in [2.75, 3.05) is 13.9 Å². The van der Waals surface area contributed by atoms with E-state index in [1.807, 2.05) is 18.2 Å². The van der Waals surface area contributed by atoms with E-state index in [2.05, 4.69) is 6.92 Å². The van der Waals surface area contributed by atoms with E-state index in [9.17, 15) is 5.11 Å². The molecule has 2 atom stereocenters. The molecule has 2 heterocycles. The predicted octanol–water partition coefficient (Wildman–Crippen LogP) is 3.37. The van der Waals surface area contributed by atoms with Gasteiger partial charge in [0, 0.05) is 17.5 Å². The van der Waals surface area contributed by atoms with Gasteiger partial charge in [0.1, 0.15) is 11.9 Å². The molecule has 4 rings (SSSR count). The van der Waals surface area contributed by atoms with Gasteiger partial charge >= 0.3 is 0 Å². The van der Waals surface area contributed by atoms with Gasteiger partial charge in [-0.15, -0.1) is 0 Å². The molecule has 0 bridgehead atoms. The van der Waals surface area contributed by atoms with E-state index in [0.717, 1.165) is 28.4 Å². The lowest BCUT2D eigenvalue weighted by Crippen LogP contribution is -2.07. The molecule has 0 spiro atoms. The second-order valence-corrected chi connectivity index (χ2v) is 5.50. The molecule has 0 radical (unpaired) electrons. The number of phenolic OH excluding ortho intramolecular Hbond substituents is 1. The maximum atomic E-state index is 9.96. The van der Waals surface area contributed by atoms with E-state index in [-0.39, 0.29) is 24.6 Å². The summed E-state index contributed by atoms with van der Waals surface area (Å²) in [5.74, 6) is 2.90. The molecule has 5 nitrogen and oxygen atoms in total. The van der Waals surface area contributed by atoms with Gasteiger partial charge in [0.25, 0.3) is 0 Å². The monoisotopic (exact) mass is 300 g/mol. The molecule has 22 heavy (non-hydrogen) atoms. The molecule has 0 saturated heterocycles. The molecule has 2 aliphatic heterocycles. The molecular weight excluding hydrogens is 284 g/mol. The Morgan fingerprint density at radius 3 is 2.73 bits per heavy atom. The van der Waals surface area contributed by atoms with Crippen LogP contribution in [-0.2, 0) is 0 Å². The van der Waals surface area contributed by atoms with Crippen LogP contribution in [0.15, 0.2) is 30.3 Å². The van der Waals surface area contributed by atoms with Crippen LogP contribution < -0.4 is 18.9 Å². The highest BCUT2D eigenvalue weighted by Gasteiger charge is 2.34. The van der Waals surface area contributed by atoms with E-state index in [0.29, 0.717) is 5.75 Å². The summed E-state index contributed by atoms with van der Waals surface area (Å²) in [6.07, 6.45) is -0.129. The van der Waals surface area contributed by atoms with Crippen molar-refractivity contribution in [1.82, 2.24) is 0 Å². The molecule has 1 N–H and O–H groups in total. The quantitative estimate of drug-likeness (QED) is 0.921. The van der Waals surface area contributed by atoms with Gasteiger partial charge in [-0.3, -0.25) is 0 Å². The summed E-state index contributed by atoms with van der Waals surface area (Å²) in [6.45, 7) is 2.33. The first kappa shape index (κ1) is 13.1. The Kier molecular flexibility index (Phi) is 2.82. The molecule has 0 aromatic heterocycles. The minimum absolute atomic E-state index is 0.118. The Morgan fingerprint density at radius 2 is 1.91 bits per heavy atom. The fourth-order valence-corrected chi connectivity index (χ4v) is 3.04. The largest absolute Gasteiger partial charge is 0.504 e. The first-order valence-corrected chi connectivity index (χ1v) is 7.14. The Balaban J connectivity index is 1.70. The van der Waals surface area contributed by atoms with Crippen molar-refractivity contribution in [3.05, 3.63) is 41.5 Å². The van der Waals surface area contributed by atoms with Gasteiger partial charge in [-0.2, -0.15) is 0 Å². The summed E-state index contributed by atoms with van der Waals surface area (Å²) < 4.78 is 22.0. The van der Waals surface area contributed by atoms with Crippen LogP contribution in [-0.4, -0.2) is 19.0 Å². The first-order valence-electron chi connectivity index (χ1n) is 7.14. The third-order valence-electron chi connectivity index (χ3n) is 4.24. The van der Waals surface area contributed by atoms with Gasteiger partial charge in [-0.1, -0.05) is 13.0 Å². The van der Waals surface area contributed by atoms with Crippen molar-refractivity contribution < 1.29 is 24.1 Å². The second-order valence-electron chi connectivity index (χ2n) is 5.50. The zero-order chi connectivity index (χ0) is 15.3. The molecule has 0 saturated carbocycles. The van der Waals surface area contributed by atoms with E-state index in [4.69, 9.17) is 18.9 Å². The highest BCUT2D eigenvalue weighted by atomic mass is 16.7. The minimum Gasteiger partial charge on any atom is -0.504 e. The average molecular weight is 300 g/mol. The predicted molar refractivity (Wildman–Crippen MR) is 79.0 cm³/mol. The van der Waals surface area contributed by atoms with Crippen LogP contribution in [0.2, 0.25) is 0 Å². The lowest BCUT2D eigenvalue weighted by molar-refractivity contribution is 0.173. The van der Waals surface area contributed by atoms with Crippen molar-refractivity contribution in [3.8, 4) is 28.7 Å². The molecule has 0 amide bonds. The highest BCUT2D eigenvalue weighted by molar-refractivity contribution is 5.55. The number of fused-ring (bicyclic) bond motifs is 2. The highest BCUT2D eigenvalue weighted by Crippen LogP contribution is 2.50. The molecule has 0 fully saturated rings. The summed E-state index contributed by atoms with van der Waals surface area (Å²) in [6, 6.07) is 9.28. The average Bonchev–Trinajstić information content (AvgIpc) is 3.11. The van der Waals surface area contributed by atoms with Gasteiger partial charge in [0.05, 0.1) is 7.11 Å². The van der Waals surface area contributed by atoms with Gasteiger partial charge in [0.15, 0.2) is 23.0 Å². The molecule has 2 aromatic carbocycles. The first-order chi connectivity index (χ1) is 10.7. The number of benzene rings is 2. The van der Waals surface area contributed by atoms with Crippen LogP contribution in [0.3, 0.4) is 0 Å². The minimum atomic E-state index is -0.129. The summed E-state index contributed by atoms with van der Waals surface area (Å²) >= 11 is 0. The van der Waals surface area contributed by atoms with Gasteiger partial charge < -0.3 is 24.1 Å². The number of ether oxygens (including phenoxy) is 4. The lowest BCUT2D eigenvalue weighted by Gasteiger charge is -2.16. The Morgan fingerprint density at radius 1 is 1.09 bits per heavy atom. The van der Waals surface area contributed by atoms with Crippen LogP contribution in [0.1, 0.15) is 30.1 Å². The van der Waals surface area contributed by atoms with Crippen LogP contribution >= 0.6 is 0 Å². The van der Waals surface area contributed by atoms with E-state index in [1.54, 1.807) is 12.1 Å². The van der Waals surface area contributed by atoms with Crippen molar-refractivity contribution in [1.29, 1.82) is 0 Å². The second kappa shape index (κ2) is 4.73. The Bertz CT molecular complexity index is 740. The zero-order valence-electron chi connectivity index (χ0n) is 12.3. The molecule has 1 unspecified atom stereocenters. The molecule has 114 valence electrons. The van der Waals surface area contributed by atoms with Crippen molar-refractivity contribution >= 4 is 0 Å². The van der Waals surface area contributed by atoms with Crippen LogP contribution in [0.4, 0.5) is 0 Å². The number of methoxy groups -OCH3 is 1. The molecule has 0 aliphatic carbocycles. The number of aromatic hydroxyl groups is 1. The van der Waals surface area contributed by atoms with Gasteiger partial charge in [-0.05, 0) is 23.8 Å². The fraction of sp³-hybridized carbons (Fsp3) is 0.294. The number of hydrogen-bond donors (Lipinski definition) is 1. The Hall–Kier alpha value is -2.56. The molecule has 2 aliphatic rings. The summed E-state index contributed by atoms with van der Waals surface area (Å²) in [5.41, 5.74) is 1.99. The van der Waals surface area contributed by atoms with Gasteiger partial charge in [0.2, 0.25) is 6.79 Å². The standard InChI is InChI=1S/C17H16O5/c1-9-11-6-12(18)15(19-2)7-14(11)22-17(9)10-3-4-13-16(5-10)21-8-20-13/h3-7,9,17-18H,8H2,1-2H3/t9-,17?/m0/s1. The number of phenols is 1. The van der Waals surface area contributed by atoms with E-state index in [1.165, 1.54) is 7.11 Å². The van der Waals surface area contributed by atoms with Crippen LogP contribution in [0, 0.1) is 0 Å². The number of hydrogen-bond acceptors (Lipinski definition) is 5. The topological polar surface area (TPSA) is 57.2 Å². The van der Waals surface area contributed by atoms with E-state index >= 15 is 0 Å². The lowest BCUT2D eigenvalue weighted by atomic mass is 9.92. The van der Waals surface area contributed by atoms with Gasteiger partial charge in [-0.25, -0.2) is 0 Å². The summed E-state index contributed by atoms with van der Waals surface area (Å²) in [5, 5.41) is 9.96. The maximum Gasteiger partial charge on any atom is 0.231 e. The van der Waals surface area contributed by atoms with Crippen LogP contribution in [0.25, 0.3) is 0 Å². The molecule has 5 heteroatoms. The maximum absolute atomic E-state index is 9.96. The zero-order valence-corrected chi connectivity index (χ0v) is 12.3. The SMILES string of the molecule is COc1cc2c(cc1O)[C@H](C)C(c1ccc3c(c1)OCO3)O2. The Labute approximate surface area is 128 Å². The number of rotatable bonds is 2. The fourth-order valence-electron chi connectivity index (χ4n) is 3.04. The van der Waals surface area contributed by atoms with Crippen LogP contribution in [0.5, 0.6) is 28.7 Å². The van der Waals surface area contributed by atoms with Crippen molar-refractivity contribution in [2.45, 2.75) is 18.9 Å². The smallest absolute Gasteiger partial charge is 0.231 e. The normalized spacial score (nSPS) is 21.4. The summed E-state index contributed by atoms with van der Waals surface area (Å²) in [7, 11) is 1.52.